The van der Waals surface area contributed by atoms with E-state index >= 15 is 0 Å². The zero-order valence-corrected chi connectivity index (χ0v) is 8.91. The van der Waals surface area contributed by atoms with E-state index in [1.807, 2.05) is 0 Å². The van der Waals surface area contributed by atoms with E-state index < -0.39 is 0 Å². The van der Waals surface area contributed by atoms with Crippen LogP contribution in [0.15, 0.2) is 0 Å². The molecule has 2 N–H and O–H groups in total. The van der Waals surface area contributed by atoms with Crippen molar-refractivity contribution < 1.29 is 9.84 Å². The van der Waals surface area contributed by atoms with Gasteiger partial charge in [-0.3, -0.25) is 0 Å². The fourth-order valence-corrected chi connectivity index (χ4v) is 2.72. The van der Waals surface area contributed by atoms with Crippen LogP contribution in [0, 0.1) is 5.92 Å². The Hall–Kier alpha value is -0.120. The molecule has 3 unspecified atom stereocenters. The quantitative estimate of drug-likeness (QED) is 0.710. The van der Waals surface area contributed by atoms with Crippen LogP contribution >= 0.6 is 0 Å². The summed E-state index contributed by atoms with van der Waals surface area (Å²) >= 11 is 0. The molecule has 0 aromatic heterocycles. The maximum atomic E-state index is 9.62. The molecule has 0 aromatic carbocycles. The molecule has 1 heterocycles. The highest BCUT2D eigenvalue weighted by Gasteiger charge is 2.32. The van der Waals surface area contributed by atoms with Crippen LogP contribution in [-0.4, -0.2) is 36.5 Å². The summed E-state index contributed by atoms with van der Waals surface area (Å²) in [5.41, 5.74) is 0. The van der Waals surface area contributed by atoms with E-state index in [1.54, 1.807) is 0 Å². The molecule has 2 aliphatic rings. The minimum Gasteiger partial charge on any atom is -0.389 e. The Morgan fingerprint density at radius 1 is 1.29 bits per heavy atom. The lowest BCUT2D eigenvalue weighted by Crippen LogP contribution is -2.46. The molecule has 0 spiro atoms. The molecule has 0 aromatic rings. The van der Waals surface area contributed by atoms with E-state index in [9.17, 15) is 5.11 Å². The lowest BCUT2D eigenvalue weighted by atomic mass is 9.99. The summed E-state index contributed by atoms with van der Waals surface area (Å²) < 4.78 is 5.24. The van der Waals surface area contributed by atoms with Crippen molar-refractivity contribution in [1.82, 2.24) is 5.32 Å². The monoisotopic (exact) mass is 199 g/mol. The van der Waals surface area contributed by atoms with Crippen LogP contribution in [0.1, 0.15) is 32.6 Å². The van der Waals surface area contributed by atoms with E-state index in [4.69, 9.17) is 4.74 Å². The zero-order valence-electron chi connectivity index (χ0n) is 8.91. The van der Waals surface area contributed by atoms with Gasteiger partial charge in [-0.1, -0.05) is 19.8 Å². The van der Waals surface area contributed by atoms with Gasteiger partial charge in [0.15, 0.2) is 0 Å². The van der Waals surface area contributed by atoms with E-state index in [-0.39, 0.29) is 12.1 Å². The predicted molar refractivity (Wildman–Crippen MR) is 55.2 cm³/mol. The number of nitrogens with one attached hydrogen (secondary N) is 1. The number of rotatable bonds is 3. The van der Waals surface area contributed by atoms with Crippen LogP contribution in [0.2, 0.25) is 0 Å². The Bertz CT molecular complexity index is 186. The summed E-state index contributed by atoms with van der Waals surface area (Å²) in [6.07, 6.45) is 4.90. The second-order valence-corrected chi connectivity index (χ2v) is 4.58. The van der Waals surface area contributed by atoms with E-state index in [0.29, 0.717) is 19.3 Å². The molecule has 1 aliphatic carbocycles. The first kappa shape index (κ1) is 10.4. The summed E-state index contributed by atoms with van der Waals surface area (Å²) in [4.78, 5) is 0. The van der Waals surface area contributed by atoms with Crippen LogP contribution in [0.5, 0.6) is 0 Å². The van der Waals surface area contributed by atoms with Crippen molar-refractivity contribution in [3.8, 4) is 0 Å². The van der Waals surface area contributed by atoms with E-state index in [2.05, 4.69) is 12.2 Å². The molecule has 3 nitrogen and oxygen atoms in total. The minimum atomic E-state index is -0.298. The normalized spacial score (nSPS) is 43.3. The molecule has 3 heteroatoms. The van der Waals surface area contributed by atoms with Gasteiger partial charge in [-0.2, -0.15) is 0 Å². The molecule has 1 saturated heterocycles. The first-order valence-electron chi connectivity index (χ1n) is 5.83. The number of hydrogen-bond acceptors (Lipinski definition) is 3. The van der Waals surface area contributed by atoms with Crippen LogP contribution < -0.4 is 5.32 Å². The van der Waals surface area contributed by atoms with Crippen LogP contribution in [0.3, 0.4) is 0 Å². The van der Waals surface area contributed by atoms with Gasteiger partial charge in [0, 0.05) is 6.04 Å². The fourth-order valence-electron chi connectivity index (χ4n) is 2.72. The van der Waals surface area contributed by atoms with Crippen molar-refractivity contribution in [3.05, 3.63) is 0 Å². The van der Waals surface area contributed by atoms with Gasteiger partial charge in [0.05, 0.1) is 25.4 Å². The van der Waals surface area contributed by atoms with Crippen LogP contribution in [0.25, 0.3) is 0 Å². The molecule has 1 saturated carbocycles. The van der Waals surface area contributed by atoms with E-state index in [1.165, 1.54) is 25.7 Å². The highest BCUT2D eigenvalue weighted by atomic mass is 16.5. The standard InChI is InChI=1S/C11H21NO2/c1-2-8-4-3-5-9(8)12-10-6-14-7-11(10)13/h8-13H,2-7H2,1H3/t8?,9?,10?,11-/m1/s1. The second kappa shape index (κ2) is 4.60. The Morgan fingerprint density at radius 2 is 2.14 bits per heavy atom. The van der Waals surface area contributed by atoms with E-state index in [0.717, 1.165) is 5.92 Å². The Labute approximate surface area is 85.8 Å². The number of aliphatic hydroxyl groups excluding tert-OH is 1. The smallest absolute Gasteiger partial charge is 0.0948 e. The highest BCUT2D eigenvalue weighted by molar-refractivity contribution is 4.89. The van der Waals surface area contributed by atoms with Crippen molar-refractivity contribution in [1.29, 1.82) is 0 Å². The summed E-state index contributed by atoms with van der Waals surface area (Å²) in [6, 6.07) is 0.786. The van der Waals surface area contributed by atoms with Gasteiger partial charge in [-0.05, 0) is 18.8 Å². The van der Waals surface area contributed by atoms with Crippen molar-refractivity contribution in [2.24, 2.45) is 5.92 Å². The molecule has 1 aliphatic heterocycles. The lowest BCUT2D eigenvalue weighted by molar-refractivity contribution is 0.120. The highest BCUT2D eigenvalue weighted by Crippen LogP contribution is 2.28. The van der Waals surface area contributed by atoms with Gasteiger partial charge >= 0.3 is 0 Å². The first-order chi connectivity index (χ1) is 6.81. The Morgan fingerprint density at radius 3 is 2.79 bits per heavy atom. The minimum absolute atomic E-state index is 0.173. The first-order valence-corrected chi connectivity index (χ1v) is 5.83. The Kier molecular flexibility index (Phi) is 3.42. The van der Waals surface area contributed by atoms with Crippen molar-refractivity contribution in [2.75, 3.05) is 13.2 Å². The Balaban J connectivity index is 1.83. The van der Waals surface area contributed by atoms with Gasteiger partial charge in [-0.25, -0.2) is 0 Å². The topological polar surface area (TPSA) is 41.5 Å². The van der Waals surface area contributed by atoms with Crippen LogP contribution in [0.4, 0.5) is 0 Å². The average Bonchev–Trinajstić information content (AvgIpc) is 2.77. The molecule has 0 bridgehead atoms. The lowest BCUT2D eigenvalue weighted by Gasteiger charge is -2.24. The molecule has 4 atom stereocenters. The van der Waals surface area contributed by atoms with Crippen molar-refractivity contribution in [2.45, 2.75) is 50.8 Å². The second-order valence-electron chi connectivity index (χ2n) is 4.58. The molecule has 2 fully saturated rings. The number of hydrogen-bond donors (Lipinski definition) is 2. The summed E-state index contributed by atoms with van der Waals surface area (Å²) in [5.74, 6) is 0.808. The van der Waals surface area contributed by atoms with Gasteiger partial charge in [0.1, 0.15) is 0 Å². The molecule has 14 heavy (non-hydrogen) atoms. The molecule has 82 valence electrons. The van der Waals surface area contributed by atoms with Crippen LogP contribution in [-0.2, 0) is 4.74 Å². The van der Waals surface area contributed by atoms with Crippen molar-refractivity contribution in [3.63, 3.8) is 0 Å². The zero-order chi connectivity index (χ0) is 9.97. The van der Waals surface area contributed by atoms with Gasteiger partial charge in [-0.15, -0.1) is 0 Å². The third kappa shape index (κ3) is 2.10. The SMILES string of the molecule is CCC1CCCC1NC1COC[C@H]1O. The predicted octanol–water partition coefficient (Wildman–Crippen LogP) is 0.914. The summed E-state index contributed by atoms with van der Waals surface area (Å²) in [6.45, 7) is 3.43. The van der Waals surface area contributed by atoms with Gasteiger partial charge in [0.25, 0.3) is 0 Å². The molecule has 2 rings (SSSR count). The molecule has 0 amide bonds. The molecular formula is C11H21NO2. The van der Waals surface area contributed by atoms with Gasteiger partial charge < -0.3 is 15.2 Å². The average molecular weight is 199 g/mol. The maximum absolute atomic E-state index is 9.62. The fraction of sp³-hybridized carbons (Fsp3) is 1.00. The summed E-state index contributed by atoms with van der Waals surface area (Å²) in [5, 5.41) is 13.2. The van der Waals surface area contributed by atoms with Crippen molar-refractivity contribution >= 4 is 0 Å². The molecular weight excluding hydrogens is 178 g/mol. The largest absolute Gasteiger partial charge is 0.389 e. The summed E-state index contributed by atoms with van der Waals surface area (Å²) in [7, 11) is 0. The number of aliphatic hydroxyl groups is 1. The third-order valence-corrected chi connectivity index (χ3v) is 3.66. The molecule has 0 radical (unpaired) electrons. The third-order valence-electron chi connectivity index (χ3n) is 3.66. The maximum Gasteiger partial charge on any atom is 0.0948 e. The number of ether oxygens (including phenoxy) is 1. The van der Waals surface area contributed by atoms with Gasteiger partial charge in [0.2, 0.25) is 0 Å².